The van der Waals surface area contributed by atoms with Crippen molar-refractivity contribution < 1.29 is 69.0 Å². The highest BCUT2D eigenvalue weighted by molar-refractivity contribution is 5.69. The summed E-state index contributed by atoms with van der Waals surface area (Å²) in [7, 11) is 0. The Morgan fingerprint density at radius 2 is 0.985 bits per heavy atom. The second-order valence-corrected chi connectivity index (χ2v) is 18.3. The molecule has 11 unspecified atom stereocenters. The summed E-state index contributed by atoms with van der Waals surface area (Å²) in [4.78, 5) is 13.0. The summed E-state index contributed by atoms with van der Waals surface area (Å²) in [6.07, 6.45) is 27.8. The lowest BCUT2D eigenvalue weighted by atomic mass is 9.98. The molecule has 0 aliphatic carbocycles. The van der Waals surface area contributed by atoms with E-state index in [1.54, 1.807) is 0 Å². The average molecular weight is 943 g/mol. The first kappa shape index (κ1) is 60.3. The van der Waals surface area contributed by atoms with E-state index in [4.69, 9.17) is 28.4 Å². The molecule has 2 heterocycles. The van der Waals surface area contributed by atoms with Crippen LogP contribution in [0.15, 0.2) is 36.5 Å². The van der Waals surface area contributed by atoms with Gasteiger partial charge in [0.05, 0.1) is 26.4 Å². The molecule has 2 fully saturated rings. The number of aliphatic hydroxyl groups excluding tert-OH is 7. The maximum atomic E-state index is 13.0. The number of carbonyl (C=O) groups is 1. The molecule has 14 nitrogen and oxygen atoms in total. The van der Waals surface area contributed by atoms with Gasteiger partial charge in [-0.05, 0) is 44.9 Å². The standard InChI is InChI=1S/C52H94O14/c1-3-5-7-9-11-13-15-17-19-20-21-22-23-25-27-29-31-33-35-44(54)64-41(38-61-36-34-32-30-28-26-24-18-16-14-12-10-8-6-4-2)39-62-51-50(60)48(58)46(56)43(66-51)40-63-52-49(59)47(57)45(55)42(37-53)65-52/h6,8,12,14,18,24,41-43,45-53,55-60H,3-5,7,9-11,13,15-17,19-23,25-40H2,1-2H3/b8-6-,14-12-,24-18-. The van der Waals surface area contributed by atoms with Crippen molar-refractivity contribution in [3.8, 4) is 0 Å². The summed E-state index contributed by atoms with van der Waals surface area (Å²) >= 11 is 0. The molecule has 0 spiro atoms. The third-order valence-corrected chi connectivity index (χ3v) is 12.4. The molecule has 0 saturated carbocycles. The highest BCUT2D eigenvalue weighted by atomic mass is 16.7. The molecule has 14 heteroatoms. The van der Waals surface area contributed by atoms with Gasteiger partial charge < -0.3 is 64.2 Å². The molecule has 2 aliphatic rings. The number of allylic oxidation sites excluding steroid dienone is 6. The third-order valence-electron chi connectivity index (χ3n) is 12.4. The third kappa shape index (κ3) is 27.4. The van der Waals surface area contributed by atoms with Crippen molar-refractivity contribution in [1.82, 2.24) is 0 Å². The lowest BCUT2D eigenvalue weighted by molar-refractivity contribution is -0.332. The zero-order chi connectivity index (χ0) is 48.0. The van der Waals surface area contributed by atoms with E-state index in [-0.39, 0.29) is 25.6 Å². The quantitative estimate of drug-likeness (QED) is 0.0177. The van der Waals surface area contributed by atoms with Crippen molar-refractivity contribution in [2.45, 2.75) is 255 Å². The minimum atomic E-state index is -1.71. The minimum absolute atomic E-state index is 0.0486. The molecule has 2 saturated heterocycles. The molecule has 0 aromatic carbocycles. The fourth-order valence-corrected chi connectivity index (χ4v) is 8.18. The maximum Gasteiger partial charge on any atom is 0.306 e. The van der Waals surface area contributed by atoms with Crippen molar-refractivity contribution in [2.75, 3.05) is 33.0 Å². The van der Waals surface area contributed by atoms with Crippen LogP contribution in [0.1, 0.15) is 187 Å². The summed E-state index contributed by atoms with van der Waals surface area (Å²) in [5.41, 5.74) is 0. The number of rotatable bonds is 41. The van der Waals surface area contributed by atoms with E-state index in [0.717, 1.165) is 70.6 Å². The van der Waals surface area contributed by atoms with E-state index in [2.05, 4.69) is 50.3 Å². The Hall–Kier alpha value is -1.79. The Kier molecular flexibility index (Phi) is 36.6. The second-order valence-electron chi connectivity index (χ2n) is 18.3. The van der Waals surface area contributed by atoms with Crippen LogP contribution >= 0.6 is 0 Å². The van der Waals surface area contributed by atoms with Crippen molar-refractivity contribution in [3.63, 3.8) is 0 Å². The molecule has 0 aromatic rings. The van der Waals surface area contributed by atoms with E-state index < -0.39 is 80.7 Å². The molecule has 66 heavy (non-hydrogen) atoms. The summed E-state index contributed by atoms with van der Waals surface area (Å²) in [5, 5.41) is 72.1. The largest absolute Gasteiger partial charge is 0.457 e. The zero-order valence-electron chi connectivity index (χ0n) is 40.9. The predicted molar refractivity (Wildman–Crippen MR) is 256 cm³/mol. The van der Waals surface area contributed by atoms with Crippen molar-refractivity contribution in [1.29, 1.82) is 0 Å². The fraction of sp³-hybridized carbons (Fsp3) is 0.865. The van der Waals surface area contributed by atoms with Gasteiger partial charge in [-0.2, -0.15) is 0 Å². The monoisotopic (exact) mass is 943 g/mol. The number of ether oxygens (including phenoxy) is 6. The highest BCUT2D eigenvalue weighted by Crippen LogP contribution is 2.26. The Morgan fingerprint density at radius 1 is 0.515 bits per heavy atom. The van der Waals surface area contributed by atoms with Crippen molar-refractivity contribution in [3.05, 3.63) is 36.5 Å². The molecule has 2 rings (SSSR count). The van der Waals surface area contributed by atoms with Gasteiger partial charge >= 0.3 is 5.97 Å². The number of aliphatic hydroxyl groups is 7. The van der Waals surface area contributed by atoms with E-state index in [9.17, 15) is 40.5 Å². The van der Waals surface area contributed by atoms with Gasteiger partial charge in [-0.25, -0.2) is 0 Å². The first-order valence-electron chi connectivity index (χ1n) is 26.1. The maximum absolute atomic E-state index is 13.0. The van der Waals surface area contributed by atoms with E-state index >= 15 is 0 Å². The lowest BCUT2D eigenvalue weighted by Crippen LogP contribution is -2.61. The topological polar surface area (TPSA) is 214 Å². The van der Waals surface area contributed by atoms with Crippen LogP contribution in [0.25, 0.3) is 0 Å². The van der Waals surface area contributed by atoms with Crippen LogP contribution in [-0.2, 0) is 33.2 Å². The molecule has 0 radical (unpaired) electrons. The molecule has 386 valence electrons. The lowest BCUT2D eigenvalue weighted by Gasteiger charge is -2.42. The Morgan fingerprint density at radius 3 is 1.55 bits per heavy atom. The van der Waals surface area contributed by atoms with Gasteiger partial charge in [0.25, 0.3) is 0 Å². The van der Waals surface area contributed by atoms with Gasteiger partial charge in [-0.15, -0.1) is 0 Å². The predicted octanol–water partition coefficient (Wildman–Crippen LogP) is 7.80. The van der Waals surface area contributed by atoms with Crippen LogP contribution in [0.5, 0.6) is 0 Å². The minimum Gasteiger partial charge on any atom is -0.457 e. The molecular weight excluding hydrogens is 849 g/mol. The molecular formula is C52H94O14. The molecule has 0 aromatic heterocycles. The number of unbranched alkanes of at least 4 members (excludes halogenated alkanes) is 21. The molecule has 0 amide bonds. The second kappa shape index (κ2) is 40.0. The van der Waals surface area contributed by atoms with Gasteiger partial charge in [-0.1, -0.05) is 172 Å². The molecule has 7 N–H and O–H groups in total. The van der Waals surface area contributed by atoms with Gasteiger partial charge in [0.2, 0.25) is 0 Å². The van der Waals surface area contributed by atoms with Crippen LogP contribution in [0, 0.1) is 0 Å². The normalized spacial score (nSPS) is 26.6. The van der Waals surface area contributed by atoms with Crippen LogP contribution < -0.4 is 0 Å². The summed E-state index contributed by atoms with van der Waals surface area (Å²) in [5.74, 6) is -0.382. The number of hydrogen-bond donors (Lipinski definition) is 7. The van der Waals surface area contributed by atoms with Crippen LogP contribution in [-0.4, -0.2) is 142 Å². The number of esters is 1. The van der Waals surface area contributed by atoms with Gasteiger partial charge in [0.1, 0.15) is 54.9 Å². The van der Waals surface area contributed by atoms with Crippen molar-refractivity contribution >= 4 is 5.97 Å². The fourth-order valence-electron chi connectivity index (χ4n) is 8.18. The first-order chi connectivity index (χ1) is 32.1. The smallest absolute Gasteiger partial charge is 0.306 e. The molecule has 0 bridgehead atoms. The van der Waals surface area contributed by atoms with Crippen molar-refractivity contribution in [2.24, 2.45) is 0 Å². The number of carbonyl (C=O) groups excluding carboxylic acids is 1. The zero-order valence-corrected chi connectivity index (χ0v) is 40.9. The highest BCUT2D eigenvalue weighted by Gasteiger charge is 2.47. The number of hydrogen-bond acceptors (Lipinski definition) is 14. The van der Waals surface area contributed by atoms with E-state index in [0.29, 0.717) is 13.0 Å². The van der Waals surface area contributed by atoms with Crippen LogP contribution in [0.4, 0.5) is 0 Å². The SMILES string of the molecule is CC/C=C\C/C=C\C/C=C\CCCCCCOCC(COC1OC(COC2OC(CO)C(O)C(O)C2O)C(O)C(O)C1O)OC(=O)CCCCCCCCCCCCCCCCCCCC. The van der Waals surface area contributed by atoms with Crippen LogP contribution in [0.3, 0.4) is 0 Å². The molecule has 2 aliphatic heterocycles. The summed E-state index contributed by atoms with van der Waals surface area (Å²) in [6, 6.07) is 0. The van der Waals surface area contributed by atoms with Gasteiger partial charge in [0.15, 0.2) is 12.6 Å². The summed E-state index contributed by atoms with van der Waals surface area (Å²) < 4.78 is 34.2. The van der Waals surface area contributed by atoms with Gasteiger partial charge in [-0.3, -0.25) is 4.79 Å². The van der Waals surface area contributed by atoms with Crippen LogP contribution in [0.2, 0.25) is 0 Å². The van der Waals surface area contributed by atoms with Gasteiger partial charge in [0, 0.05) is 13.0 Å². The molecule has 11 atom stereocenters. The summed E-state index contributed by atoms with van der Waals surface area (Å²) in [6.45, 7) is 3.54. The average Bonchev–Trinajstić information content (AvgIpc) is 3.31. The first-order valence-corrected chi connectivity index (χ1v) is 26.1. The Balaban J connectivity index is 1.76. The van der Waals surface area contributed by atoms with E-state index in [1.807, 2.05) is 0 Å². The van der Waals surface area contributed by atoms with E-state index in [1.165, 1.54) is 89.9 Å². The Bertz CT molecular complexity index is 1230. The Labute approximate surface area is 398 Å².